The Morgan fingerprint density at radius 1 is 1.40 bits per heavy atom. The molecule has 0 radical (unpaired) electrons. The number of ether oxygens (including phenoxy) is 1. The molecule has 3 amide bonds. The lowest BCUT2D eigenvalue weighted by Crippen LogP contribution is -2.33. The van der Waals surface area contributed by atoms with E-state index in [0.717, 1.165) is 11.3 Å². The number of hydrogen-bond donors (Lipinski definition) is 2. The molecule has 0 saturated heterocycles. The second kappa shape index (κ2) is 5.64. The van der Waals surface area contributed by atoms with Crippen LogP contribution in [-0.4, -0.2) is 19.6 Å². The van der Waals surface area contributed by atoms with Crippen LogP contribution in [0.1, 0.15) is 5.56 Å². The molecule has 0 fully saturated rings. The summed E-state index contributed by atoms with van der Waals surface area (Å²) < 4.78 is 4.99. The topological polar surface area (TPSA) is 67.4 Å². The number of methoxy groups -OCH3 is 1. The van der Waals surface area contributed by atoms with E-state index in [4.69, 9.17) is 4.74 Å². The molecule has 0 aliphatic heterocycles. The monoisotopic (exact) mass is 208 g/mol. The second-order valence-corrected chi connectivity index (χ2v) is 2.79. The van der Waals surface area contributed by atoms with Crippen LogP contribution in [0.4, 0.5) is 4.79 Å². The number of imide groups is 1. The first-order valence-electron chi connectivity index (χ1n) is 4.37. The van der Waals surface area contributed by atoms with E-state index >= 15 is 0 Å². The highest BCUT2D eigenvalue weighted by molar-refractivity contribution is 5.84. The minimum Gasteiger partial charge on any atom is -0.497 e. The van der Waals surface area contributed by atoms with Gasteiger partial charge in [-0.25, -0.2) is 4.79 Å². The lowest BCUT2D eigenvalue weighted by molar-refractivity contribution is -0.108. The average Bonchev–Trinajstić information content (AvgIpc) is 2.27. The normalized spacial score (nSPS) is 9.13. The number of rotatable bonds is 4. The molecule has 1 aromatic carbocycles. The summed E-state index contributed by atoms with van der Waals surface area (Å²) in [4.78, 5) is 20.8. The molecule has 5 heteroatoms. The SMILES string of the molecule is COc1ccc(CNC(=O)NC=O)cc1. The van der Waals surface area contributed by atoms with E-state index in [0.29, 0.717) is 13.0 Å². The maximum Gasteiger partial charge on any atom is 0.321 e. The number of nitrogens with one attached hydrogen (secondary N) is 2. The molecule has 0 unspecified atom stereocenters. The van der Waals surface area contributed by atoms with Crippen LogP contribution < -0.4 is 15.4 Å². The van der Waals surface area contributed by atoms with Crippen LogP contribution in [0.25, 0.3) is 0 Å². The summed E-state index contributed by atoms with van der Waals surface area (Å²) in [6.45, 7) is 0.365. The molecule has 0 aliphatic rings. The maximum atomic E-state index is 10.9. The summed E-state index contributed by atoms with van der Waals surface area (Å²) in [6.07, 6.45) is 0.337. The highest BCUT2D eigenvalue weighted by Crippen LogP contribution is 2.10. The molecule has 80 valence electrons. The first-order chi connectivity index (χ1) is 7.26. The van der Waals surface area contributed by atoms with Crippen LogP contribution in [0.15, 0.2) is 24.3 Å². The third-order valence-corrected chi connectivity index (χ3v) is 1.80. The Hall–Kier alpha value is -2.04. The Balaban J connectivity index is 2.43. The van der Waals surface area contributed by atoms with Gasteiger partial charge in [-0.15, -0.1) is 0 Å². The van der Waals surface area contributed by atoms with Gasteiger partial charge in [-0.05, 0) is 17.7 Å². The molecule has 0 atom stereocenters. The number of amides is 3. The lowest BCUT2D eigenvalue weighted by atomic mass is 10.2. The third kappa shape index (κ3) is 3.68. The van der Waals surface area contributed by atoms with E-state index in [1.165, 1.54) is 0 Å². The summed E-state index contributed by atoms with van der Waals surface area (Å²) in [7, 11) is 1.59. The fraction of sp³-hybridized carbons (Fsp3) is 0.200. The summed E-state index contributed by atoms with van der Waals surface area (Å²) in [5.74, 6) is 0.760. The Morgan fingerprint density at radius 3 is 2.60 bits per heavy atom. The van der Waals surface area contributed by atoms with Crippen molar-refractivity contribution in [3.05, 3.63) is 29.8 Å². The summed E-state index contributed by atoms with van der Waals surface area (Å²) in [6, 6.07) is 6.75. The van der Waals surface area contributed by atoms with Crippen molar-refractivity contribution in [2.45, 2.75) is 6.54 Å². The fourth-order valence-corrected chi connectivity index (χ4v) is 1.03. The van der Waals surface area contributed by atoms with Crippen LogP contribution in [0, 0.1) is 0 Å². The highest BCUT2D eigenvalue weighted by atomic mass is 16.5. The van der Waals surface area contributed by atoms with Gasteiger partial charge in [0.2, 0.25) is 6.41 Å². The molecule has 2 N–H and O–H groups in total. The predicted molar refractivity (Wildman–Crippen MR) is 54.4 cm³/mol. The van der Waals surface area contributed by atoms with E-state index in [1.54, 1.807) is 19.2 Å². The molecule has 0 aliphatic carbocycles. The Morgan fingerprint density at radius 2 is 2.07 bits per heavy atom. The van der Waals surface area contributed by atoms with E-state index < -0.39 is 6.03 Å². The van der Waals surface area contributed by atoms with Crippen molar-refractivity contribution in [1.29, 1.82) is 0 Å². The molecule has 0 bridgehead atoms. The first kappa shape index (κ1) is 11.0. The number of benzene rings is 1. The Kier molecular flexibility index (Phi) is 4.15. The summed E-state index contributed by atoms with van der Waals surface area (Å²) >= 11 is 0. The zero-order chi connectivity index (χ0) is 11.1. The van der Waals surface area contributed by atoms with E-state index in [9.17, 15) is 9.59 Å². The predicted octanol–water partition coefficient (Wildman–Crippen LogP) is 0.651. The van der Waals surface area contributed by atoms with Gasteiger partial charge in [0.15, 0.2) is 0 Å². The van der Waals surface area contributed by atoms with Crippen LogP contribution in [0.5, 0.6) is 5.75 Å². The minimum atomic E-state index is -0.513. The second-order valence-electron chi connectivity index (χ2n) is 2.79. The minimum absolute atomic E-state index is 0.337. The highest BCUT2D eigenvalue weighted by Gasteiger charge is 1.98. The zero-order valence-electron chi connectivity index (χ0n) is 8.32. The zero-order valence-corrected chi connectivity index (χ0v) is 8.32. The molecular formula is C10H12N2O3. The van der Waals surface area contributed by atoms with Gasteiger partial charge in [-0.3, -0.25) is 10.1 Å². The average molecular weight is 208 g/mol. The van der Waals surface area contributed by atoms with Crippen molar-refractivity contribution < 1.29 is 14.3 Å². The molecule has 15 heavy (non-hydrogen) atoms. The van der Waals surface area contributed by atoms with Crippen molar-refractivity contribution in [1.82, 2.24) is 10.6 Å². The van der Waals surface area contributed by atoms with Gasteiger partial charge in [-0.1, -0.05) is 12.1 Å². The van der Waals surface area contributed by atoms with Crippen LogP contribution >= 0.6 is 0 Å². The summed E-state index contributed by atoms with van der Waals surface area (Å²) in [5, 5.41) is 4.50. The van der Waals surface area contributed by atoms with Crippen LogP contribution in [0.2, 0.25) is 0 Å². The largest absolute Gasteiger partial charge is 0.497 e. The first-order valence-corrected chi connectivity index (χ1v) is 4.37. The smallest absolute Gasteiger partial charge is 0.321 e. The molecule has 0 heterocycles. The Bertz CT molecular complexity index is 335. The van der Waals surface area contributed by atoms with Gasteiger partial charge in [0.05, 0.1) is 7.11 Å². The van der Waals surface area contributed by atoms with Crippen molar-refractivity contribution >= 4 is 12.4 Å². The van der Waals surface area contributed by atoms with Gasteiger partial charge in [0, 0.05) is 6.54 Å². The number of hydrogen-bond acceptors (Lipinski definition) is 3. The quantitative estimate of drug-likeness (QED) is 0.714. The van der Waals surface area contributed by atoms with Gasteiger partial charge in [-0.2, -0.15) is 0 Å². The number of urea groups is 1. The molecular weight excluding hydrogens is 196 g/mol. The van der Waals surface area contributed by atoms with E-state index in [1.807, 2.05) is 17.4 Å². The Labute approximate surface area is 87.4 Å². The molecule has 5 nitrogen and oxygen atoms in total. The maximum absolute atomic E-state index is 10.9. The molecule has 1 rings (SSSR count). The van der Waals surface area contributed by atoms with Gasteiger partial charge >= 0.3 is 6.03 Å². The van der Waals surface area contributed by atoms with Crippen molar-refractivity contribution in [3.8, 4) is 5.75 Å². The van der Waals surface area contributed by atoms with Crippen molar-refractivity contribution in [2.24, 2.45) is 0 Å². The fourth-order valence-electron chi connectivity index (χ4n) is 1.03. The van der Waals surface area contributed by atoms with Crippen molar-refractivity contribution in [2.75, 3.05) is 7.11 Å². The van der Waals surface area contributed by atoms with Gasteiger partial charge in [0.1, 0.15) is 5.75 Å². The molecule has 1 aromatic rings. The molecule has 0 saturated carbocycles. The van der Waals surface area contributed by atoms with Crippen LogP contribution in [0.3, 0.4) is 0 Å². The third-order valence-electron chi connectivity index (χ3n) is 1.80. The lowest BCUT2D eigenvalue weighted by Gasteiger charge is -2.04. The van der Waals surface area contributed by atoms with Gasteiger partial charge < -0.3 is 10.1 Å². The van der Waals surface area contributed by atoms with Crippen molar-refractivity contribution in [3.63, 3.8) is 0 Å². The molecule has 0 spiro atoms. The number of carbonyl (C=O) groups is 2. The summed E-state index contributed by atoms with van der Waals surface area (Å²) in [5.41, 5.74) is 0.928. The van der Waals surface area contributed by atoms with Gasteiger partial charge in [0.25, 0.3) is 0 Å². The molecule has 0 aromatic heterocycles. The number of carbonyl (C=O) groups excluding carboxylic acids is 2. The van der Waals surface area contributed by atoms with E-state index in [-0.39, 0.29) is 0 Å². The van der Waals surface area contributed by atoms with Crippen LogP contribution in [-0.2, 0) is 11.3 Å². The van der Waals surface area contributed by atoms with E-state index in [2.05, 4.69) is 5.32 Å². The standard InChI is InChI=1S/C10H12N2O3/c1-15-9-4-2-8(3-5-9)6-11-10(14)12-7-13/h2-5,7H,6H2,1H3,(H2,11,12,13,14).